The van der Waals surface area contributed by atoms with Crippen molar-refractivity contribution < 1.29 is 14.3 Å². The second kappa shape index (κ2) is 10.8. The number of carbonyl (C=O) groups is 2. The van der Waals surface area contributed by atoms with Crippen molar-refractivity contribution in [2.24, 2.45) is 11.8 Å². The van der Waals surface area contributed by atoms with Crippen LogP contribution in [0.3, 0.4) is 0 Å². The lowest BCUT2D eigenvalue weighted by Crippen LogP contribution is -2.35. The average molecular weight is 319 g/mol. The zero-order chi connectivity index (χ0) is 17.1. The topological polar surface area (TPSA) is 55.4 Å². The van der Waals surface area contributed by atoms with Crippen LogP contribution in [0.4, 0.5) is 0 Å². The Kier molecular flexibility index (Phi) is 9.03. The van der Waals surface area contributed by atoms with E-state index in [2.05, 4.69) is 19.2 Å². The summed E-state index contributed by atoms with van der Waals surface area (Å²) in [6.07, 6.45) is 3.20. The standard InChI is InChI=1S/C19H29NO3/c1-4-9-15(3)12-18(21)20-14-17(19(22)23-5-2)13-16-10-7-6-8-11-16/h6-8,10-11,15,17H,4-5,9,12-14H2,1-3H3,(H,20,21). The first kappa shape index (κ1) is 19.2. The van der Waals surface area contributed by atoms with Gasteiger partial charge in [0.1, 0.15) is 0 Å². The Morgan fingerprint density at radius 1 is 1.17 bits per heavy atom. The molecule has 0 fully saturated rings. The summed E-state index contributed by atoms with van der Waals surface area (Å²) in [5.41, 5.74) is 1.07. The number of rotatable bonds is 10. The molecule has 0 aromatic heterocycles. The lowest BCUT2D eigenvalue weighted by molar-refractivity contribution is -0.147. The number of nitrogens with one attached hydrogen (secondary N) is 1. The molecule has 1 rings (SSSR count). The first-order valence-electron chi connectivity index (χ1n) is 8.54. The van der Waals surface area contributed by atoms with E-state index in [-0.39, 0.29) is 17.8 Å². The molecule has 0 saturated carbocycles. The highest BCUT2D eigenvalue weighted by atomic mass is 16.5. The number of hydrogen-bond acceptors (Lipinski definition) is 3. The molecule has 0 heterocycles. The summed E-state index contributed by atoms with van der Waals surface area (Å²) in [5.74, 6) is -0.218. The third-order valence-electron chi connectivity index (χ3n) is 3.81. The van der Waals surface area contributed by atoms with Gasteiger partial charge in [0.05, 0.1) is 12.5 Å². The molecule has 2 atom stereocenters. The zero-order valence-corrected chi connectivity index (χ0v) is 14.5. The highest BCUT2D eigenvalue weighted by molar-refractivity contribution is 5.78. The van der Waals surface area contributed by atoms with Gasteiger partial charge in [-0.25, -0.2) is 0 Å². The highest BCUT2D eigenvalue weighted by Crippen LogP contribution is 2.12. The van der Waals surface area contributed by atoms with Gasteiger partial charge >= 0.3 is 5.97 Å². The van der Waals surface area contributed by atoms with Gasteiger partial charge in [-0.3, -0.25) is 9.59 Å². The number of ether oxygens (including phenoxy) is 1. The van der Waals surface area contributed by atoms with Gasteiger partial charge < -0.3 is 10.1 Å². The molecule has 0 aliphatic rings. The molecule has 2 unspecified atom stereocenters. The van der Waals surface area contributed by atoms with Crippen LogP contribution < -0.4 is 5.32 Å². The molecular formula is C19H29NO3. The number of amides is 1. The van der Waals surface area contributed by atoms with E-state index in [9.17, 15) is 9.59 Å². The molecule has 4 nitrogen and oxygen atoms in total. The van der Waals surface area contributed by atoms with E-state index in [1.165, 1.54) is 0 Å². The van der Waals surface area contributed by atoms with E-state index in [1.807, 2.05) is 30.3 Å². The fraction of sp³-hybridized carbons (Fsp3) is 0.579. The maximum absolute atomic E-state index is 12.1. The minimum atomic E-state index is -0.345. The molecule has 0 aliphatic heterocycles. The number of carbonyl (C=O) groups excluding carboxylic acids is 2. The van der Waals surface area contributed by atoms with Gasteiger partial charge in [0.15, 0.2) is 0 Å². The van der Waals surface area contributed by atoms with Crippen LogP contribution in [0.2, 0.25) is 0 Å². The largest absolute Gasteiger partial charge is 0.466 e. The fourth-order valence-electron chi connectivity index (χ4n) is 2.62. The number of esters is 1. The molecule has 1 amide bonds. The quantitative estimate of drug-likeness (QED) is 0.673. The van der Waals surface area contributed by atoms with Crippen LogP contribution in [0.5, 0.6) is 0 Å². The van der Waals surface area contributed by atoms with Crippen molar-refractivity contribution in [1.82, 2.24) is 5.32 Å². The molecular weight excluding hydrogens is 290 g/mol. The molecule has 0 saturated heterocycles. The minimum Gasteiger partial charge on any atom is -0.466 e. The second-order valence-corrected chi connectivity index (χ2v) is 6.04. The Morgan fingerprint density at radius 2 is 1.87 bits per heavy atom. The lowest BCUT2D eigenvalue weighted by Gasteiger charge is -2.17. The van der Waals surface area contributed by atoms with E-state index in [0.29, 0.717) is 31.9 Å². The molecule has 23 heavy (non-hydrogen) atoms. The number of benzene rings is 1. The van der Waals surface area contributed by atoms with Gasteiger partial charge in [-0.2, -0.15) is 0 Å². The smallest absolute Gasteiger partial charge is 0.311 e. The van der Waals surface area contributed by atoms with Crippen LogP contribution in [-0.4, -0.2) is 25.0 Å². The van der Waals surface area contributed by atoms with E-state index >= 15 is 0 Å². The van der Waals surface area contributed by atoms with Gasteiger partial charge in [-0.05, 0) is 24.8 Å². The van der Waals surface area contributed by atoms with Crippen molar-refractivity contribution in [3.05, 3.63) is 35.9 Å². The van der Waals surface area contributed by atoms with Crippen molar-refractivity contribution in [3.63, 3.8) is 0 Å². The van der Waals surface area contributed by atoms with Crippen molar-refractivity contribution in [3.8, 4) is 0 Å². The molecule has 4 heteroatoms. The first-order chi connectivity index (χ1) is 11.1. The van der Waals surface area contributed by atoms with Crippen molar-refractivity contribution >= 4 is 11.9 Å². The summed E-state index contributed by atoms with van der Waals surface area (Å²) in [6.45, 7) is 6.67. The van der Waals surface area contributed by atoms with Crippen molar-refractivity contribution in [2.75, 3.05) is 13.2 Å². The van der Waals surface area contributed by atoms with Crippen LogP contribution in [0.1, 0.15) is 45.6 Å². The van der Waals surface area contributed by atoms with Crippen LogP contribution in [0, 0.1) is 11.8 Å². The van der Waals surface area contributed by atoms with Gasteiger partial charge in [0.25, 0.3) is 0 Å². The van der Waals surface area contributed by atoms with Gasteiger partial charge in [-0.15, -0.1) is 0 Å². The number of hydrogen-bond donors (Lipinski definition) is 1. The van der Waals surface area contributed by atoms with E-state index in [4.69, 9.17) is 4.74 Å². The average Bonchev–Trinajstić information content (AvgIpc) is 2.52. The molecule has 0 radical (unpaired) electrons. The lowest BCUT2D eigenvalue weighted by atomic mass is 9.98. The monoisotopic (exact) mass is 319 g/mol. The third-order valence-corrected chi connectivity index (χ3v) is 3.81. The van der Waals surface area contributed by atoms with Gasteiger partial charge in [0, 0.05) is 13.0 Å². The normalized spacial score (nSPS) is 13.2. The third kappa shape index (κ3) is 7.82. The molecule has 1 aromatic rings. The van der Waals surface area contributed by atoms with Crippen LogP contribution in [0.15, 0.2) is 30.3 Å². The van der Waals surface area contributed by atoms with E-state index < -0.39 is 0 Å². The summed E-state index contributed by atoms with van der Waals surface area (Å²) in [4.78, 5) is 24.1. The van der Waals surface area contributed by atoms with Gasteiger partial charge in [-0.1, -0.05) is 57.0 Å². The van der Waals surface area contributed by atoms with Crippen molar-refractivity contribution in [1.29, 1.82) is 0 Å². The zero-order valence-electron chi connectivity index (χ0n) is 14.5. The molecule has 128 valence electrons. The Labute approximate surface area is 139 Å². The molecule has 1 aromatic carbocycles. The van der Waals surface area contributed by atoms with E-state index in [0.717, 1.165) is 18.4 Å². The minimum absolute atomic E-state index is 0.00769. The van der Waals surface area contributed by atoms with Crippen LogP contribution in [-0.2, 0) is 20.7 Å². The predicted molar refractivity (Wildman–Crippen MR) is 92.0 cm³/mol. The second-order valence-electron chi connectivity index (χ2n) is 6.04. The SMILES string of the molecule is CCCC(C)CC(=O)NCC(Cc1ccccc1)C(=O)OCC. The first-order valence-corrected chi connectivity index (χ1v) is 8.54. The van der Waals surface area contributed by atoms with Crippen molar-refractivity contribution in [2.45, 2.75) is 46.5 Å². The summed E-state index contributed by atoms with van der Waals surface area (Å²) in [5, 5.41) is 2.89. The summed E-state index contributed by atoms with van der Waals surface area (Å²) in [6, 6.07) is 9.81. The summed E-state index contributed by atoms with van der Waals surface area (Å²) < 4.78 is 5.14. The van der Waals surface area contributed by atoms with Crippen LogP contribution in [0.25, 0.3) is 0 Å². The Morgan fingerprint density at radius 3 is 2.48 bits per heavy atom. The Balaban J connectivity index is 2.56. The van der Waals surface area contributed by atoms with Gasteiger partial charge in [0.2, 0.25) is 5.91 Å². The molecule has 0 aliphatic carbocycles. The predicted octanol–water partition coefficient (Wildman–Crippen LogP) is 3.35. The molecule has 0 bridgehead atoms. The summed E-state index contributed by atoms with van der Waals surface area (Å²) in [7, 11) is 0. The van der Waals surface area contributed by atoms with E-state index in [1.54, 1.807) is 6.92 Å². The summed E-state index contributed by atoms with van der Waals surface area (Å²) >= 11 is 0. The highest BCUT2D eigenvalue weighted by Gasteiger charge is 2.21. The maximum Gasteiger partial charge on any atom is 0.311 e. The Hall–Kier alpha value is -1.84. The van der Waals surface area contributed by atoms with Crippen LogP contribution >= 0.6 is 0 Å². The Bertz CT molecular complexity index is 473. The fourth-order valence-corrected chi connectivity index (χ4v) is 2.62. The molecule has 0 spiro atoms. The molecule has 1 N–H and O–H groups in total. The maximum atomic E-state index is 12.1.